The maximum absolute atomic E-state index is 12.9. The normalized spacial score (nSPS) is 12.2. The number of carbonyl (C=O) groups excluding carboxylic acids is 1. The first-order valence-corrected chi connectivity index (χ1v) is 13.6. The van der Waals surface area contributed by atoms with Gasteiger partial charge in [-0.15, -0.1) is 11.8 Å². The minimum atomic E-state index is -4.35. The summed E-state index contributed by atoms with van der Waals surface area (Å²) in [7, 11) is 0. The lowest BCUT2D eigenvalue weighted by atomic mass is 10.0. The number of benzene rings is 3. The van der Waals surface area contributed by atoms with Gasteiger partial charge >= 0.3 is 12.1 Å². The first kappa shape index (κ1) is 29.3. The summed E-state index contributed by atoms with van der Waals surface area (Å²) in [5.74, 6) is -1.26. The molecule has 0 aliphatic carbocycles. The average Bonchev–Trinajstić information content (AvgIpc) is 2.90. The van der Waals surface area contributed by atoms with Gasteiger partial charge in [-0.3, -0.25) is 9.59 Å². The first-order valence-electron chi connectivity index (χ1n) is 12.7. The first-order chi connectivity index (χ1) is 18.2. The van der Waals surface area contributed by atoms with Gasteiger partial charge in [0.1, 0.15) is 0 Å². The number of unbranched alkanes of at least 4 members (excludes halogenated alkanes) is 3. The van der Waals surface area contributed by atoms with E-state index in [1.807, 2.05) is 36.4 Å². The fraction of sp³-hybridized carbons (Fsp3) is 0.333. The van der Waals surface area contributed by atoms with Crippen LogP contribution in [0.5, 0.6) is 0 Å². The van der Waals surface area contributed by atoms with E-state index in [0.717, 1.165) is 59.4 Å². The minimum Gasteiger partial charge on any atom is -0.481 e. The number of halogens is 3. The zero-order valence-electron chi connectivity index (χ0n) is 21.3. The van der Waals surface area contributed by atoms with Crippen LogP contribution >= 0.6 is 11.8 Å². The standard InChI is InChI=1S/C30H32F3NO3S/c1-2-3-4-5-6-27(23-7-9-24(10-8-23)29(37)34-20-19-28(35)36)38-26-17-13-22(14-18-26)21-11-15-25(16-12-21)30(31,32)33/h7-18,27H,2-6,19-20H2,1H3,(H,34,37)(H,35,36). The van der Waals surface area contributed by atoms with Crippen LogP contribution in [0.25, 0.3) is 11.1 Å². The number of rotatable bonds is 13. The molecule has 0 fully saturated rings. The molecular formula is C30H32F3NO3S. The van der Waals surface area contributed by atoms with E-state index < -0.39 is 17.7 Å². The number of thioether (sulfide) groups is 1. The Labute approximate surface area is 225 Å². The summed E-state index contributed by atoms with van der Waals surface area (Å²) in [6.07, 6.45) is 1.03. The maximum atomic E-state index is 12.9. The summed E-state index contributed by atoms with van der Waals surface area (Å²) in [6.45, 7) is 2.25. The van der Waals surface area contributed by atoms with Crippen LogP contribution in [0.1, 0.15) is 72.2 Å². The highest BCUT2D eigenvalue weighted by Gasteiger charge is 2.30. The summed E-state index contributed by atoms with van der Waals surface area (Å²) in [5, 5.41) is 11.5. The summed E-state index contributed by atoms with van der Waals surface area (Å²) in [6, 6.07) is 20.4. The monoisotopic (exact) mass is 543 g/mol. The number of hydrogen-bond donors (Lipinski definition) is 2. The van der Waals surface area contributed by atoms with Gasteiger partial charge in [-0.1, -0.05) is 69.0 Å². The number of hydrogen-bond acceptors (Lipinski definition) is 3. The number of carboxylic acids is 1. The molecule has 0 saturated carbocycles. The molecule has 3 aromatic carbocycles. The largest absolute Gasteiger partial charge is 0.481 e. The Morgan fingerprint density at radius 3 is 2.03 bits per heavy atom. The van der Waals surface area contributed by atoms with Gasteiger partial charge in [-0.25, -0.2) is 0 Å². The third-order valence-corrected chi connectivity index (χ3v) is 7.50. The van der Waals surface area contributed by atoms with Gasteiger partial charge in [0.2, 0.25) is 0 Å². The summed E-state index contributed by atoms with van der Waals surface area (Å²) >= 11 is 1.73. The van der Waals surface area contributed by atoms with Crippen LogP contribution < -0.4 is 5.32 Å². The molecule has 4 nitrogen and oxygen atoms in total. The highest BCUT2D eigenvalue weighted by atomic mass is 32.2. The molecular weight excluding hydrogens is 511 g/mol. The quantitative estimate of drug-likeness (QED) is 0.168. The van der Waals surface area contributed by atoms with Gasteiger partial charge in [-0.2, -0.15) is 13.2 Å². The molecule has 0 radical (unpaired) electrons. The van der Waals surface area contributed by atoms with Crippen molar-refractivity contribution < 1.29 is 27.9 Å². The van der Waals surface area contributed by atoms with Gasteiger partial charge in [-0.05, 0) is 59.5 Å². The highest BCUT2D eigenvalue weighted by Crippen LogP contribution is 2.40. The Hall–Kier alpha value is -3.26. The van der Waals surface area contributed by atoms with E-state index in [0.29, 0.717) is 5.56 Å². The van der Waals surface area contributed by atoms with Crippen molar-refractivity contribution in [1.29, 1.82) is 0 Å². The lowest BCUT2D eigenvalue weighted by Gasteiger charge is -2.18. The van der Waals surface area contributed by atoms with Crippen LogP contribution in [0.15, 0.2) is 77.7 Å². The second-order valence-electron chi connectivity index (χ2n) is 9.08. The number of aliphatic carboxylic acids is 1. The summed E-state index contributed by atoms with van der Waals surface area (Å²) in [4.78, 5) is 24.0. The predicted molar refractivity (Wildman–Crippen MR) is 145 cm³/mol. The zero-order chi connectivity index (χ0) is 27.5. The average molecular weight is 544 g/mol. The van der Waals surface area contributed by atoms with E-state index >= 15 is 0 Å². The summed E-state index contributed by atoms with van der Waals surface area (Å²) in [5.41, 5.74) is 2.49. The molecule has 0 heterocycles. The van der Waals surface area contributed by atoms with Crippen molar-refractivity contribution in [2.45, 2.75) is 61.8 Å². The van der Waals surface area contributed by atoms with Crippen molar-refractivity contribution in [3.63, 3.8) is 0 Å². The van der Waals surface area contributed by atoms with Crippen molar-refractivity contribution in [1.82, 2.24) is 5.32 Å². The van der Waals surface area contributed by atoms with E-state index in [9.17, 15) is 22.8 Å². The number of carboxylic acid groups (broad SMARTS) is 1. The van der Waals surface area contributed by atoms with Crippen LogP contribution in [0, 0.1) is 0 Å². The fourth-order valence-corrected chi connectivity index (χ4v) is 5.23. The van der Waals surface area contributed by atoms with E-state index in [4.69, 9.17) is 5.11 Å². The molecule has 0 aliphatic rings. The molecule has 3 rings (SSSR count). The highest BCUT2D eigenvalue weighted by molar-refractivity contribution is 7.99. The Balaban J connectivity index is 1.70. The molecule has 1 atom stereocenters. The second-order valence-corrected chi connectivity index (χ2v) is 10.4. The van der Waals surface area contributed by atoms with Crippen molar-refractivity contribution in [3.05, 3.63) is 89.5 Å². The number of alkyl halides is 3. The number of amides is 1. The minimum absolute atomic E-state index is 0.0777. The van der Waals surface area contributed by atoms with Crippen LogP contribution in [-0.4, -0.2) is 23.5 Å². The molecule has 38 heavy (non-hydrogen) atoms. The molecule has 0 aliphatic heterocycles. The number of carbonyl (C=O) groups is 2. The van der Waals surface area contributed by atoms with E-state index in [-0.39, 0.29) is 24.1 Å². The van der Waals surface area contributed by atoms with Crippen LogP contribution in [0.4, 0.5) is 13.2 Å². The Morgan fingerprint density at radius 1 is 0.868 bits per heavy atom. The van der Waals surface area contributed by atoms with Crippen LogP contribution in [0.2, 0.25) is 0 Å². The van der Waals surface area contributed by atoms with Gasteiger partial charge in [0.25, 0.3) is 5.91 Å². The second kappa shape index (κ2) is 14.0. The number of nitrogens with one attached hydrogen (secondary N) is 1. The van der Waals surface area contributed by atoms with E-state index in [1.54, 1.807) is 23.9 Å². The van der Waals surface area contributed by atoms with Crippen molar-refractivity contribution in [3.8, 4) is 11.1 Å². The third kappa shape index (κ3) is 8.94. The molecule has 1 unspecified atom stereocenters. The fourth-order valence-electron chi connectivity index (χ4n) is 4.03. The molecule has 0 saturated heterocycles. The van der Waals surface area contributed by atoms with E-state index in [1.165, 1.54) is 18.6 Å². The molecule has 2 N–H and O–H groups in total. The molecule has 0 spiro atoms. The van der Waals surface area contributed by atoms with Crippen molar-refractivity contribution in [2.75, 3.05) is 6.54 Å². The molecule has 202 valence electrons. The topological polar surface area (TPSA) is 66.4 Å². The Morgan fingerprint density at radius 2 is 1.47 bits per heavy atom. The van der Waals surface area contributed by atoms with Crippen LogP contribution in [0.3, 0.4) is 0 Å². The maximum Gasteiger partial charge on any atom is 0.416 e. The van der Waals surface area contributed by atoms with Gasteiger partial charge in [0.15, 0.2) is 0 Å². The van der Waals surface area contributed by atoms with Crippen molar-refractivity contribution >= 4 is 23.6 Å². The third-order valence-electron chi connectivity index (χ3n) is 6.17. The SMILES string of the molecule is CCCCCCC(Sc1ccc(-c2ccc(C(F)(F)F)cc2)cc1)c1ccc(C(=O)NCCC(=O)O)cc1. The van der Waals surface area contributed by atoms with Crippen molar-refractivity contribution in [2.24, 2.45) is 0 Å². The van der Waals surface area contributed by atoms with Gasteiger partial charge in [0, 0.05) is 22.3 Å². The molecule has 1 amide bonds. The molecule has 8 heteroatoms. The predicted octanol–water partition coefficient (Wildman–Crippen LogP) is 8.38. The van der Waals surface area contributed by atoms with E-state index in [2.05, 4.69) is 12.2 Å². The lowest BCUT2D eigenvalue weighted by Crippen LogP contribution is -2.25. The summed E-state index contributed by atoms with van der Waals surface area (Å²) < 4.78 is 38.6. The Kier molecular flexibility index (Phi) is 10.8. The van der Waals surface area contributed by atoms with Gasteiger partial charge in [0.05, 0.1) is 12.0 Å². The Bertz CT molecular complexity index is 1180. The zero-order valence-corrected chi connectivity index (χ0v) is 22.1. The van der Waals surface area contributed by atoms with Crippen LogP contribution in [-0.2, 0) is 11.0 Å². The lowest BCUT2D eigenvalue weighted by molar-refractivity contribution is -0.138. The molecule has 3 aromatic rings. The smallest absolute Gasteiger partial charge is 0.416 e. The van der Waals surface area contributed by atoms with Gasteiger partial charge < -0.3 is 10.4 Å². The molecule has 0 aromatic heterocycles. The molecule has 0 bridgehead atoms.